The molecule has 0 spiro atoms. The summed E-state index contributed by atoms with van der Waals surface area (Å²) in [4.78, 5) is 13.4. The van der Waals surface area contributed by atoms with Crippen LogP contribution in [0, 0.1) is 11.8 Å². The van der Waals surface area contributed by atoms with Gasteiger partial charge in [0.1, 0.15) is 0 Å². The van der Waals surface area contributed by atoms with Crippen LogP contribution in [-0.2, 0) is 11.2 Å². The number of carbonyl (C=O) groups excluding carboxylic acids is 1. The predicted octanol–water partition coefficient (Wildman–Crippen LogP) is 3.24. The van der Waals surface area contributed by atoms with Gasteiger partial charge in [0, 0.05) is 23.8 Å². The quantitative estimate of drug-likeness (QED) is 0.840. The van der Waals surface area contributed by atoms with E-state index in [1.165, 1.54) is 17.7 Å². The predicted molar refractivity (Wildman–Crippen MR) is 92.3 cm³/mol. The first-order valence-electron chi connectivity index (χ1n) is 7.67. The topological polar surface area (TPSA) is 41.1 Å². The van der Waals surface area contributed by atoms with Crippen molar-refractivity contribution < 1.29 is 4.79 Å². The molecule has 1 aliphatic heterocycles. The van der Waals surface area contributed by atoms with Gasteiger partial charge in [-0.3, -0.25) is 4.79 Å². The zero-order valence-corrected chi connectivity index (χ0v) is 14.6. The summed E-state index contributed by atoms with van der Waals surface area (Å²) in [5, 5.41) is 8.65. The molecule has 21 heavy (non-hydrogen) atoms. The van der Waals surface area contributed by atoms with Crippen molar-refractivity contribution in [1.29, 1.82) is 0 Å². The molecule has 1 amide bonds. The van der Waals surface area contributed by atoms with E-state index in [9.17, 15) is 4.79 Å². The minimum atomic E-state index is 0. The van der Waals surface area contributed by atoms with E-state index in [-0.39, 0.29) is 24.4 Å². The van der Waals surface area contributed by atoms with Gasteiger partial charge in [-0.15, -0.1) is 23.7 Å². The van der Waals surface area contributed by atoms with Crippen molar-refractivity contribution in [1.82, 2.24) is 10.6 Å². The van der Waals surface area contributed by atoms with E-state index in [1.807, 2.05) is 0 Å². The van der Waals surface area contributed by atoms with Gasteiger partial charge in [-0.05, 0) is 56.1 Å². The van der Waals surface area contributed by atoms with Crippen molar-refractivity contribution in [3.63, 3.8) is 0 Å². The van der Waals surface area contributed by atoms with E-state index in [0.29, 0.717) is 18.3 Å². The number of rotatable bonds is 6. The Balaban J connectivity index is 0.00000220. The maximum Gasteiger partial charge on any atom is 0.220 e. The van der Waals surface area contributed by atoms with Crippen LogP contribution in [0.5, 0.6) is 0 Å². The normalized spacial score (nSPS) is 21.1. The van der Waals surface area contributed by atoms with Gasteiger partial charge in [0.05, 0.1) is 0 Å². The fraction of sp³-hybridized carbons (Fsp3) is 0.688. The molecule has 0 saturated carbocycles. The van der Waals surface area contributed by atoms with Crippen LogP contribution < -0.4 is 10.6 Å². The van der Waals surface area contributed by atoms with Gasteiger partial charge in [0.15, 0.2) is 0 Å². The van der Waals surface area contributed by atoms with Crippen LogP contribution >= 0.6 is 23.7 Å². The van der Waals surface area contributed by atoms with E-state index < -0.39 is 0 Å². The largest absolute Gasteiger partial charge is 0.353 e. The van der Waals surface area contributed by atoms with Crippen LogP contribution in [0.3, 0.4) is 0 Å². The Hall–Kier alpha value is -0.580. The Morgan fingerprint density at radius 1 is 1.52 bits per heavy atom. The van der Waals surface area contributed by atoms with Gasteiger partial charge < -0.3 is 10.6 Å². The Morgan fingerprint density at radius 2 is 2.33 bits per heavy atom. The Kier molecular flexibility index (Phi) is 8.30. The van der Waals surface area contributed by atoms with Crippen molar-refractivity contribution in [2.45, 2.75) is 45.6 Å². The van der Waals surface area contributed by atoms with E-state index in [0.717, 1.165) is 19.5 Å². The van der Waals surface area contributed by atoms with Gasteiger partial charge in [-0.2, -0.15) is 0 Å². The summed E-state index contributed by atoms with van der Waals surface area (Å²) >= 11 is 1.76. The maximum atomic E-state index is 12.1. The molecule has 3 unspecified atom stereocenters. The second kappa shape index (κ2) is 9.44. The Bertz CT molecular complexity index is 404. The average Bonchev–Trinajstić information content (AvgIpc) is 2.92. The first-order chi connectivity index (χ1) is 9.65. The zero-order valence-electron chi connectivity index (χ0n) is 12.9. The van der Waals surface area contributed by atoms with Crippen LogP contribution in [0.2, 0.25) is 0 Å². The van der Waals surface area contributed by atoms with Gasteiger partial charge in [-0.25, -0.2) is 0 Å². The Morgan fingerprint density at radius 3 is 2.95 bits per heavy atom. The van der Waals surface area contributed by atoms with Gasteiger partial charge in [0.25, 0.3) is 0 Å². The number of nitrogens with one attached hydrogen (secondary N) is 2. The molecule has 1 fully saturated rings. The third-order valence-corrected chi connectivity index (χ3v) is 5.04. The van der Waals surface area contributed by atoms with E-state index in [1.54, 1.807) is 11.3 Å². The lowest BCUT2D eigenvalue weighted by Gasteiger charge is -2.28. The van der Waals surface area contributed by atoms with E-state index in [2.05, 4.69) is 42.0 Å². The molecule has 1 aromatic rings. The number of amides is 1. The van der Waals surface area contributed by atoms with Crippen LogP contribution in [0.1, 0.15) is 38.0 Å². The average molecular weight is 331 g/mol. The fourth-order valence-electron chi connectivity index (χ4n) is 2.94. The third kappa shape index (κ3) is 6.37. The lowest BCUT2D eigenvalue weighted by atomic mass is 9.85. The molecule has 0 aromatic carbocycles. The van der Waals surface area contributed by atoms with Crippen LogP contribution in [0.4, 0.5) is 0 Å². The number of hydrogen-bond acceptors (Lipinski definition) is 3. The molecule has 3 atom stereocenters. The minimum absolute atomic E-state index is 0. The van der Waals surface area contributed by atoms with Crippen LogP contribution in [-0.4, -0.2) is 25.0 Å². The second-order valence-electron chi connectivity index (χ2n) is 6.04. The number of carbonyl (C=O) groups is 1. The van der Waals surface area contributed by atoms with Crippen molar-refractivity contribution in [2.24, 2.45) is 11.8 Å². The number of hydrogen-bond donors (Lipinski definition) is 2. The summed E-state index contributed by atoms with van der Waals surface area (Å²) in [5.41, 5.74) is 0. The molecule has 0 bridgehead atoms. The summed E-state index contributed by atoms with van der Waals surface area (Å²) in [5.74, 6) is 1.32. The SMILES string of the molecule is CC(Cc1cccs1)NC(=O)CC(C)C1CCCNC1.Cl. The van der Waals surface area contributed by atoms with Crippen molar-refractivity contribution >= 4 is 29.7 Å². The lowest BCUT2D eigenvalue weighted by Crippen LogP contribution is -2.38. The van der Waals surface area contributed by atoms with Crippen molar-refractivity contribution in [3.8, 4) is 0 Å². The molecule has 0 radical (unpaired) electrons. The number of piperidine rings is 1. The first kappa shape index (κ1) is 18.5. The molecule has 5 heteroatoms. The van der Waals surface area contributed by atoms with Gasteiger partial charge in [0.2, 0.25) is 5.91 Å². The highest BCUT2D eigenvalue weighted by Crippen LogP contribution is 2.22. The summed E-state index contributed by atoms with van der Waals surface area (Å²) < 4.78 is 0. The molecule has 1 aliphatic rings. The van der Waals surface area contributed by atoms with E-state index >= 15 is 0 Å². The van der Waals surface area contributed by atoms with Crippen LogP contribution in [0.25, 0.3) is 0 Å². The highest BCUT2D eigenvalue weighted by Gasteiger charge is 2.22. The minimum Gasteiger partial charge on any atom is -0.353 e. The van der Waals surface area contributed by atoms with Crippen LogP contribution in [0.15, 0.2) is 17.5 Å². The van der Waals surface area contributed by atoms with Gasteiger partial charge >= 0.3 is 0 Å². The molecule has 2 rings (SSSR count). The standard InChI is InChI=1S/C16H26N2OS.ClH/c1-12(14-5-3-7-17-11-14)9-16(19)18-13(2)10-15-6-4-8-20-15;/h4,6,8,12-14,17H,3,5,7,9-11H2,1-2H3,(H,18,19);1H. The zero-order chi connectivity index (χ0) is 14.4. The second-order valence-corrected chi connectivity index (χ2v) is 7.07. The summed E-state index contributed by atoms with van der Waals surface area (Å²) in [7, 11) is 0. The van der Waals surface area contributed by atoms with E-state index in [4.69, 9.17) is 0 Å². The number of thiophene rings is 1. The van der Waals surface area contributed by atoms with Crippen molar-refractivity contribution in [3.05, 3.63) is 22.4 Å². The highest BCUT2D eigenvalue weighted by atomic mass is 35.5. The smallest absolute Gasteiger partial charge is 0.220 e. The maximum absolute atomic E-state index is 12.1. The lowest BCUT2D eigenvalue weighted by molar-refractivity contribution is -0.122. The highest BCUT2D eigenvalue weighted by molar-refractivity contribution is 7.09. The Labute approximate surface area is 138 Å². The van der Waals surface area contributed by atoms with Crippen molar-refractivity contribution in [2.75, 3.05) is 13.1 Å². The summed E-state index contributed by atoms with van der Waals surface area (Å²) in [6.45, 7) is 6.50. The number of halogens is 1. The molecule has 2 N–H and O–H groups in total. The molecule has 2 heterocycles. The summed E-state index contributed by atoms with van der Waals surface area (Å²) in [6.07, 6.45) is 4.08. The summed E-state index contributed by atoms with van der Waals surface area (Å²) in [6, 6.07) is 4.41. The van der Waals surface area contributed by atoms with Gasteiger partial charge in [-0.1, -0.05) is 13.0 Å². The third-order valence-electron chi connectivity index (χ3n) is 4.14. The first-order valence-corrected chi connectivity index (χ1v) is 8.55. The molecule has 0 aliphatic carbocycles. The molecule has 3 nitrogen and oxygen atoms in total. The molecular formula is C16H27ClN2OS. The molecular weight excluding hydrogens is 304 g/mol. The molecule has 1 saturated heterocycles. The monoisotopic (exact) mass is 330 g/mol. The molecule has 1 aromatic heterocycles. The molecule has 120 valence electrons. The fourth-order valence-corrected chi connectivity index (χ4v) is 3.77.